The van der Waals surface area contributed by atoms with E-state index >= 15 is 0 Å². The number of amides is 1. The van der Waals surface area contributed by atoms with Gasteiger partial charge in [-0.15, -0.1) is 0 Å². The molecule has 4 heteroatoms. The molecule has 1 amide bonds. The molecule has 0 spiro atoms. The second kappa shape index (κ2) is 6.67. The third kappa shape index (κ3) is 3.11. The van der Waals surface area contributed by atoms with Crippen molar-refractivity contribution in [1.82, 2.24) is 14.5 Å². The number of allylic oxidation sites excluding steroid dienone is 2. The first-order valence-electron chi connectivity index (χ1n) is 8.63. The summed E-state index contributed by atoms with van der Waals surface area (Å²) in [4.78, 5) is 19.4. The zero-order chi connectivity index (χ0) is 15.5. The molecular weight excluding hydrogens is 274 g/mol. The fourth-order valence-electron chi connectivity index (χ4n) is 3.74. The predicted molar refractivity (Wildman–Crippen MR) is 87.6 cm³/mol. The largest absolute Gasteiger partial charge is 0.340 e. The number of carbonyl (C=O) groups is 1. The lowest BCUT2D eigenvalue weighted by Gasteiger charge is -2.36. The van der Waals surface area contributed by atoms with E-state index in [0.29, 0.717) is 17.9 Å². The van der Waals surface area contributed by atoms with E-state index in [1.807, 2.05) is 6.20 Å². The average molecular weight is 301 g/mol. The van der Waals surface area contributed by atoms with Crippen LogP contribution in [-0.4, -0.2) is 33.4 Å². The molecule has 2 aliphatic rings. The second-order valence-corrected chi connectivity index (χ2v) is 6.91. The van der Waals surface area contributed by atoms with Crippen molar-refractivity contribution in [3.8, 4) is 0 Å². The maximum Gasteiger partial charge on any atom is 0.226 e. The SMILES string of the molecule is CC(C)c1nccn1C1CCCN(C(=O)C2CC=CCC2)C1. The summed E-state index contributed by atoms with van der Waals surface area (Å²) in [7, 11) is 0. The summed E-state index contributed by atoms with van der Waals surface area (Å²) < 4.78 is 2.30. The molecular formula is C18H27N3O. The molecule has 120 valence electrons. The lowest BCUT2D eigenvalue weighted by Crippen LogP contribution is -2.44. The highest BCUT2D eigenvalue weighted by atomic mass is 16.2. The Morgan fingerprint density at radius 2 is 2.18 bits per heavy atom. The molecule has 2 unspecified atom stereocenters. The summed E-state index contributed by atoms with van der Waals surface area (Å²) in [5.74, 6) is 2.13. The average Bonchev–Trinajstić information content (AvgIpc) is 3.05. The number of hydrogen-bond donors (Lipinski definition) is 0. The third-order valence-electron chi connectivity index (χ3n) is 4.93. The van der Waals surface area contributed by atoms with Crippen molar-refractivity contribution in [2.75, 3.05) is 13.1 Å². The highest BCUT2D eigenvalue weighted by Crippen LogP contribution is 2.28. The van der Waals surface area contributed by atoms with Crippen LogP contribution in [0.1, 0.15) is 63.7 Å². The summed E-state index contributed by atoms with van der Waals surface area (Å²) in [6.07, 6.45) is 13.6. The molecule has 2 atom stereocenters. The number of nitrogens with zero attached hydrogens (tertiary/aromatic N) is 3. The molecule has 0 radical (unpaired) electrons. The molecule has 0 aromatic carbocycles. The van der Waals surface area contributed by atoms with E-state index < -0.39 is 0 Å². The Morgan fingerprint density at radius 3 is 2.91 bits per heavy atom. The van der Waals surface area contributed by atoms with Crippen LogP contribution < -0.4 is 0 Å². The van der Waals surface area contributed by atoms with Gasteiger partial charge in [-0.05, 0) is 32.1 Å². The van der Waals surface area contributed by atoms with Crippen molar-refractivity contribution in [2.45, 2.75) is 57.9 Å². The first-order chi connectivity index (χ1) is 10.7. The number of rotatable bonds is 3. The van der Waals surface area contributed by atoms with Crippen LogP contribution in [0.3, 0.4) is 0 Å². The molecule has 2 heterocycles. The van der Waals surface area contributed by atoms with Crippen LogP contribution in [0.25, 0.3) is 0 Å². The van der Waals surface area contributed by atoms with Crippen LogP contribution in [0.15, 0.2) is 24.5 Å². The standard InChI is InChI=1S/C18H27N3O/c1-14(2)17-19-10-12-21(17)16-9-6-11-20(13-16)18(22)15-7-4-3-5-8-15/h3-4,10,12,14-16H,5-9,11,13H2,1-2H3. The van der Waals surface area contributed by atoms with Crippen molar-refractivity contribution in [2.24, 2.45) is 5.92 Å². The molecule has 3 rings (SSSR count). The Bertz CT molecular complexity index is 546. The van der Waals surface area contributed by atoms with E-state index in [0.717, 1.165) is 51.0 Å². The zero-order valence-electron chi connectivity index (χ0n) is 13.7. The highest BCUT2D eigenvalue weighted by molar-refractivity contribution is 5.79. The maximum atomic E-state index is 12.8. The van der Waals surface area contributed by atoms with Crippen molar-refractivity contribution in [3.05, 3.63) is 30.4 Å². The summed E-state index contributed by atoms with van der Waals surface area (Å²) in [5, 5.41) is 0. The molecule has 1 aliphatic heterocycles. The fraction of sp³-hybridized carbons (Fsp3) is 0.667. The van der Waals surface area contributed by atoms with Crippen molar-refractivity contribution in [3.63, 3.8) is 0 Å². The Morgan fingerprint density at radius 1 is 1.32 bits per heavy atom. The van der Waals surface area contributed by atoms with E-state index in [9.17, 15) is 4.79 Å². The Balaban J connectivity index is 1.70. The van der Waals surface area contributed by atoms with Gasteiger partial charge in [0.1, 0.15) is 5.82 Å². The number of imidazole rings is 1. The van der Waals surface area contributed by atoms with Gasteiger partial charge in [0.15, 0.2) is 0 Å². The fourth-order valence-corrected chi connectivity index (χ4v) is 3.74. The number of aromatic nitrogens is 2. The van der Waals surface area contributed by atoms with E-state index in [1.54, 1.807) is 0 Å². The van der Waals surface area contributed by atoms with Gasteiger partial charge in [0, 0.05) is 37.3 Å². The van der Waals surface area contributed by atoms with Crippen LogP contribution >= 0.6 is 0 Å². The van der Waals surface area contributed by atoms with Crippen molar-refractivity contribution < 1.29 is 4.79 Å². The van der Waals surface area contributed by atoms with Crippen LogP contribution in [0, 0.1) is 5.92 Å². The first-order valence-corrected chi connectivity index (χ1v) is 8.63. The van der Waals surface area contributed by atoms with Gasteiger partial charge in [0.05, 0.1) is 6.04 Å². The summed E-state index contributed by atoms with van der Waals surface area (Å²) in [5.41, 5.74) is 0. The van der Waals surface area contributed by atoms with E-state index in [-0.39, 0.29) is 5.92 Å². The lowest BCUT2D eigenvalue weighted by molar-refractivity contribution is -0.137. The third-order valence-corrected chi connectivity index (χ3v) is 4.93. The normalized spacial score (nSPS) is 25.7. The number of piperidine rings is 1. The summed E-state index contributed by atoms with van der Waals surface area (Å²) in [6.45, 7) is 6.12. The maximum absolute atomic E-state index is 12.8. The molecule has 1 aromatic heterocycles. The van der Waals surface area contributed by atoms with Gasteiger partial charge in [0.2, 0.25) is 5.91 Å². The van der Waals surface area contributed by atoms with Crippen LogP contribution in [0.4, 0.5) is 0 Å². The van der Waals surface area contributed by atoms with Crippen LogP contribution in [-0.2, 0) is 4.79 Å². The molecule has 0 bridgehead atoms. The topological polar surface area (TPSA) is 38.1 Å². The van der Waals surface area contributed by atoms with E-state index in [4.69, 9.17) is 0 Å². The van der Waals surface area contributed by atoms with Gasteiger partial charge in [0.25, 0.3) is 0 Å². The molecule has 1 fully saturated rings. The molecule has 4 nitrogen and oxygen atoms in total. The van der Waals surface area contributed by atoms with Crippen LogP contribution in [0.2, 0.25) is 0 Å². The molecule has 0 N–H and O–H groups in total. The zero-order valence-corrected chi connectivity index (χ0v) is 13.7. The van der Waals surface area contributed by atoms with Gasteiger partial charge >= 0.3 is 0 Å². The summed E-state index contributed by atoms with van der Waals surface area (Å²) >= 11 is 0. The van der Waals surface area contributed by atoms with Gasteiger partial charge in [-0.25, -0.2) is 4.98 Å². The van der Waals surface area contributed by atoms with Gasteiger partial charge in [-0.1, -0.05) is 26.0 Å². The van der Waals surface area contributed by atoms with E-state index in [2.05, 4.69) is 46.6 Å². The Labute approximate surface area is 133 Å². The van der Waals surface area contributed by atoms with Crippen molar-refractivity contribution in [1.29, 1.82) is 0 Å². The molecule has 0 saturated carbocycles. The second-order valence-electron chi connectivity index (χ2n) is 6.91. The van der Waals surface area contributed by atoms with Gasteiger partial charge < -0.3 is 9.47 Å². The van der Waals surface area contributed by atoms with Crippen molar-refractivity contribution >= 4 is 5.91 Å². The molecule has 1 aliphatic carbocycles. The first kappa shape index (κ1) is 15.3. The molecule has 1 aromatic rings. The smallest absolute Gasteiger partial charge is 0.226 e. The minimum atomic E-state index is 0.205. The van der Waals surface area contributed by atoms with E-state index in [1.165, 1.54) is 0 Å². The number of carbonyl (C=O) groups excluding carboxylic acids is 1. The van der Waals surface area contributed by atoms with Gasteiger partial charge in [-0.3, -0.25) is 4.79 Å². The van der Waals surface area contributed by atoms with Gasteiger partial charge in [-0.2, -0.15) is 0 Å². The number of likely N-dealkylation sites (tertiary alicyclic amines) is 1. The summed E-state index contributed by atoms with van der Waals surface area (Å²) in [6, 6.07) is 0.386. The number of hydrogen-bond acceptors (Lipinski definition) is 2. The molecule has 1 saturated heterocycles. The highest BCUT2D eigenvalue weighted by Gasteiger charge is 2.30. The Hall–Kier alpha value is -1.58. The minimum Gasteiger partial charge on any atom is -0.340 e. The monoisotopic (exact) mass is 301 g/mol. The molecule has 22 heavy (non-hydrogen) atoms. The lowest BCUT2D eigenvalue weighted by atomic mass is 9.92. The minimum absolute atomic E-state index is 0.205. The predicted octanol–water partition coefficient (Wildman–Crippen LogP) is 3.53. The Kier molecular flexibility index (Phi) is 4.65. The van der Waals surface area contributed by atoms with Crippen LogP contribution in [0.5, 0.6) is 0 Å². The quantitative estimate of drug-likeness (QED) is 0.801.